The monoisotopic (exact) mass is 339 g/mol. The SMILES string of the molecule is Cc1ccccc1-n1nccc1NC(=O)CC(O)c1cccc(F)c1. The molecule has 0 saturated carbocycles. The summed E-state index contributed by atoms with van der Waals surface area (Å²) < 4.78 is 14.9. The summed E-state index contributed by atoms with van der Waals surface area (Å²) in [5.74, 6) is -0.326. The molecule has 0 saturated heterocycles. The van der Waals surface area contributed by atoms with E-state index in [4.69, 9.17) is 0 Å². The minimum absolute atomic E-state index is 0.178. The summed E-state index contributed by atoms with van der Waals surface area (Å²) >= 11 is 0. The number of anilines is 1. The van der Waals surface area contributed by atoms with Crippen molar-refractivity contribution >= 4 is 11.7 Å². The number of benzene rings is 2. The molecule has 1 heterocycles. The molecule has 0 aliphatic carbocycles. The number of nitrogens with zero attached hydrogens (tertiary/aromatic N) is 2. The Morgan fingerprint density at radius 2 is 2.04 bits per heavy atom. The molecule has 3 rings (SSSR count). The fourth-order valence-electron chi connectivity index (χ4n) is 2.59. The second kappa shape index (κ2) is 7.27. The van der Waals surface area contributed by atoms with Gasteiger partial charge in [0.2, 0.25) is 5.91 Å². The first-order valence-corrected chi connectivity index (χ1v) is 7.88. The van der Waals surface area contributed by atoms with Crippen LogP contribution in [-0.4, -0.2) is 20.8 Å². The summed E-state index contributed by atoms with van der Waals surface area (Å²) in [6, 6.07) is 14.9. The number of nitrogens with one attached hydrogen (secondary N) is 1. The summed E-state index contributed by atoms with van der Waals surface area (Å²) in [5, 5.41) is 17.1. The molecule has 0 aliphatic rings. The van der Waals surface area contributed by atoms with Gasteiger partial charge in [-0.15, -0.1) is 0 Å². The fourth-order valence-corrected chi connectivity index (χ4v) is 2.59. The number of halogens is 1. The number of aliphatic hydroxyl groups is 1. The molecular formula is C19H18FN3O2. The van der Waals surface area contributed by atoms with Crippen LogP contribution in [0.15, 0.2) is 60.8 Å². The molecule has 0 aliphatic heterocycles. The Bertz CT molecular complexity index is 892. The molecule has 1 aromatic heterocycles. The van der Waals surface area contributed by atoms with E-state index in [1.165, 1.54) is 18.2 Å². The van der Waals surface area contributed by atoms with E-state index in [1.807, 2.05) is 31.2 Å². The average molecular weight is 339 g/mol. The van der Waals surface area contributed by atoms with Gasteiger partial charge in [0.25, 0.3) is 0 Å². The Hall–Kier alpha value is -2.99. The van der Waals surface area contributed by atoms with Gasteiger partial charge >= 0.3 is 0 Å². The third kappa shape index (κ3) is 3.92. The number of carbonyl (C=O) groups excluding carboxylic acids is 1. The van der Waals surface area contributed by atoms with Crippen molar-refractivity contribution in [2.45, 2.75) is 19.4 Å². The number of hydrogen-bond acceptors (Lipinski definition) is 3. The molecule has 0 fully saturated rings. The van der Waals surface area contributed by atoms with E-state index < -0.39 is 11.9 Å². The highest BCUT2D eigenvalue weighted by molar-refractivity contribution is 5.90. The first-order chi connectivity index (χ1) is 12.0. The Balaban J connectivity index is 1.72. The molecule has 25 heavy (non-hydrogen) atoms. The van der Waals surface area contributed by atoms with E-state index in [0.29, 0.717) is 11.4 Å². The van der Waals surface area contributed by atoms with Crippen LogP contribution in [0.4, 0.5) is 10.2 Å². The lowest BCUT2D eigenvalue weighted by Gasteiger charge is -2.13. The molecule has 2 aromatic carbocycles. The molecule has 0 spiro atoms. The zero-order chi connectivity index (χ0) is 17.8. The summed E-state index contributed by atoms with van der Waals surface area (Å²) in [5.41, 5.74) is 2.23. The summed E-state index contributed by atoms with van der Waals surface area (Å²) in [7, 11) is 0. The summed E-state index contributed by atoms with van der Waals surface area (Å²) in [6.07, 6.45) is 0.332. The summed E-state index contributed by atoms with van der Waals surface area (Å²) in [4.78, 5) is 12.2. The van der Waals surface area contributed by atoms with Crippen LogP contribution in [0.5, 0.6) is 0 Å². The minimum Gasteiger partial charge on any atom is -0.388 e. The first-order valence-electron chi connectivity index (χ1n) is 7.88. The van der Waals surface area contributed by atoms with Crippen molar-refractivity contribution in [1.29, 1.82) is 0 Å². The number of aliphatic hydroxyl groups excluding tert-OH is 1. The molecule has 0 bridgehead atoms. The Kier molecular flexibility index (Phi) is 4.90. The van der Waals surface area contributed by atoms with E-state index in [-0.39, 0.29) is 12.3 Å². The number of rotatable bonds is 5. The third-order valence-electron chi connectivity index (χ3n) is 3.87. The number of hydrogen-bond donors (Lipinski definition) is 2. The maximum Gasteiger partial charge on any atom is 0.228 e. The number of aromatic nitrogens is 2. The van der Waals surface area contributed by atoms with Crippen LogP contribution in [0.3, 0.4) is 0 Å². The molecule has 3 aromatic rings. The number of para-hydroxylation sites is 1. The second-order valence-electron chi connectivity index (χ2n) is 5.74. The highest BCUT2D eigenvalue weighted by atomic mass is 19.1. The minimum atomic E-state index is -1.08. The highest BCUT2D eigenvalue weighted by Crippen LogP contribution is 2.21. The van der Waals surface area contributed by atoms with E-state index in [0.717, 1.165) is 11.3 Å². The van der Waals surface area contributed by atoms with Crippen LogP contribution in [0.25, 0.3) is 5.69 Å². The quantitative estimate of drug-likeness (QED) is 0.749. The molecule has 0 radical (unpaired) electrons. The lowest BCUT2D eigenvalue weighted by Crippen LogP contribution is -2.18. The van der Waals surface area contributed by atoms with Crippen LogP contribution >= 0.6 is 0 Å². The summed E-state index contributed by atoms with van der Waals surface area (Å²) in [6.45, 7) is 1.95. The average Bonchev–Trinajstić information content (AvgIpc) is 3.03. The molecule has 1 atom stereocenters. The Labute approximate surface area is 144 Å². The van der Waals surface area contributed by atoms with Gasteiger partial charge in [-0.2, -0.15) is 5.10 Å². The Morgan fingerprint density at radius 3 is 2.80 bits per heavy atom. The fraction of sp³-hybridized carbons (Fsp3) is 0.158. The second-order valence-corrected chi connectivity index (χ2v) is 5.74. The van der Waals surface area contributed by atoms with Crippen LogP contribution in [0.2, 0.25) is 0 Å². The third-order valence-corrected chi connectivity index (χ3v) is 3.87. The largest absolute Gasteiger partial charge is 0.388 e. The molecule has 128 valence electrons. The maximum absolute atomic E-state index is 13.2. The van der Waals surface area contributed by atoms with Gasteiger partial charge in [-0.3, -0.25) is 4.79 Å². The van der Waals surface area contributed by atoms with Gasteiger partial charge in [-0.25, -0.2) is 9.07 Å². The van der Waals surface area contributed by atoms with Crippen molar-refractivity contribution in [2.24, 2.45) is 0 Å². The number of carbonyl (C=O) groups is 1. The van der Waals surface area contributed by atoms with Crippen molar-refractivity contribution in [2.75, 3.05) is 5.32 Å². The lowest BCUT2D eigenvalue weighted by atomic mass is 10.1. The van der Waals surface area contributed by atoms with Crippen LogP contribution in [0.1, 0.15) is 23.7 Å². The standard InChI is InChI=1S/C19H18FN3O2/c1-13-5-2-3-8-16(13)23-18(9-10-21-23)22-19(25)12-17(24)14-6-4-7-15(20)11-14/h2-11,17,24H,12H2,1H3,(H,22,25). The zero-order valence-corrected chi connectivity index (χ0v) is 13.7. The van der Waals surface area contributed by atoms with E-state index >= 15 is 0 Å². The molecule has 2 N–H and O–H groups in total. The van der Waals surface area contributed by atoms with Crippen LogP contribution < -0.4 is 5.32 Å². The number of aryl methyl sites for hydroxylation is 1. The topological polar surface area (TPSA) is 67.2 Å². The molecule has 1 amide bonds. The predicted octanol–water partition coefficient (Wildman–Crippen LogP) is 3.38. The smallest absolute Gasteiger partial charge is 0.228 e. The molecular weight excluding hydrogens is 321 g/mol. The van der Waals surface area contributed by atoms with Gasteiger partial charge in [0.05, 0.1) is 24.4 Å². The van der Waals surface area contributed by atoms with Crippen LogP contribution in [0, 0.1) is 12.7 Å². The van der Waals surface area contributed by atoms with Gasteiger partial charge in [0.1, 0.15) is 11.6 Å². The van der Waals surface area contributed by atoms with Crippen molar-refractivity contribution in [3.8, 4) is 5.69 Å². The Morgan fingerprint density at radius 1 is 1.24 bits per heavy atom. The molecule has 5 nitrogen and oxygen atoms in total. The van der Waals surface area contributed by atoms with Crippen molar-refractivity contribution in [1.82, 2.24) is 9.78 Å². The highest BCUT2D eigenvalue weighted by Gasteiger charge is 2.16. The number of amides is 1. The normalized spacial score (nSPS) is 12.0. The van der Waals surface area contributed by atoms with Gasteiger partial charge in [0.15, 0.2) is 0 Å². The van der Waals surface area contributed by atoms with E-state index in [9.17, 15) is 14.3 Å². The van der Waals surface area contributed by atoms with Crippen molar-refractivity contribution in [3.05, 3.63) is 77.7 Å². The van der Waals surface area contributed by atoms with Gasteiger partial charge in [-0.1, -0.05) is 30.3 Å². The van der Waals surface area contributed by atoms with Gasteiger partial charge < -0.3 is 10.4 Å². The van der Waals surface area contributed by atoms with Gasteiger partial charge in [0, 0.05) is 6.07 Å². The first kappa shape index (κ1) is 16.9. The van der Waals surface area contributed by atoms with E-state index in [2.05, 4.69) is 10.4 Å². The predicted molar refractivity (Wildman–Crippen MR) is 92.9 cm³/mol. The molecule has 1 unspecified atom stereocenters. The van der Waals surface area contributed by atoms with Crippen LogP contribution in [-0.2, 0) is 4.79 Å². The van der Waals surface area contributed by atoms with Gasteiger partial charge in [-0.05, 0) is 36.2 Å². The lowest BCUT2D eigenvalue weighted by molar-refractivity contribution is -0.118. The zero-order valence-electron chi connectivity index (χ0n) is 13.7. The van der Waals surface area contributed by atoms with Crippen molar-refractivity contribution < 1.29 is 14.3 Å². The van der Waals surface area contributed by atoms with E-state index in [1.54, 1.807) is 23.0 Å². The molecule has 6 heteroatoms. The maximum atomic E-state index is 13.2. The van der Waals surface area contributed by atoms with Crippen molar-refractivity contribution in [3.63, 3.8) is 0 Å².